The van der Waals surface area contributed by atoms with Crippen molar-refractivity contribution in [3.63, 3.8) is 0 Å². The van der Waals surface area contributed by atoms with Crippen LogP contribution in [0.25, 0.3) is 11.4 Å². The van der Waals surface area contributed by atoms with Gasteiger partial charge in [-0.1, -0.05) is 31.1 Å². The molecule has 8 heteroatoms. The molecular weight excluding hydrogens is 336 g/mol. The summed E-state index contributed by atoms with van der Waals surface area (Å²) >= 11 is 0. The molecule has 2 aliphatic rings. The Hall–Kier alpha value is -2.90. The van der Waals surface area contributed by atoms with E-state index in [1.807, 2.05) is 26.0 Å². The molecule has 0 bridgehead atoms. The first-order chi connectivity index (χ1) is 12.5. The van der Waals surface area contributed by atoms with Crippen LogP contribution in [-0.2, 0) is 4.74 Å². The minimum absolute atomic E-state index is 0.0479. The van der Waals surface area contributed by atoms with E-state index in [4.69, 9.17) is 9.26 Å². The van der Waals surface area contributed by atoms with Crippen LogP contribution in [0.2, 0.25) is 0 Å². The average molecular weight is 356 g/mol. The lowest BCUT2D eigenvalue weighted by Crippen LogP contribution is -2.53. The third-order valence-electron chi connectivity index (χ3n) is 4.73. The van der Waals surface area contributed by atoms with E-state index in [0.29, 0.717) is 43.5 Å². The number of ether oxygens (including phenoxy) is 1. The van der Waals surface area contributed by atoms with Crippen LogP contribution in [0.15, 0.2) is 28.8 Å². The van der Waals surface area contributed by atoms with Gasteiger partial charge in [-0.3, -0.25) is 9.69 Å². The lowest BCUT2D eigenvalue weighted by atomic mass is 10.1. The first kappa shape index (κ1) is 16.6. The summed E-state index contributed by atoms with van der Waals surface area (Å²) in [6.07, 6.45) is -0.285. The van der Waals surface area contributed by atoms with Crippen LogP contribution in [-0.4, -0.2) is 64.2 Å². The van der Waals surface area contributed by atoms with E-state index in [9.17, 15) is 9.59 Å². The molecule has 2 aliphatic heterocycles. The lowest BCUT2D eigenvalue weighted by molar-refractivity contribution is 0.0617. The summed E-state index contributed by atoms with van der Waals surface area (Å²) in [7, 11) is 0. The van der Waals surface area contributed by atoms with E-state index in [1.165, 1.54) is 0 Å². The molecule has 0 spiro atoms. The maximum Gasteiger partial charge on any atom is 0.410 e. The second-order valence-corrected chi connectivity index (χ2v) is 6.86. The van der Waals surface area contributed by atoms with E-state index in [2.05, 4.69) is 10.1 Å². The van der Waals surface area contributed by atoms with Crippen LogP contribution in [0.5, 0.6) is 0 Å². The number of carbonyl (C=O) groups is 2. The summed E-state index contributed by atoms with van der Waals surface area (Å²) in [4.78, 5) is 32.1. The highest BCUT2D eigenvalue weighted by Gasteiger charge is 2.38. The Balaban J connectivity index is 1.46. The Labute approximate surface area is 150 Å². The number of aromatic nitrogens is 2. The number of amides is 2. The van der Waals surface area contributed by atoms with Gasteiger partial charge in [0.15, 0.2) is 0 Å². The minimum Gasteiger partial charge on any atom is -0.447 e. The average Bonchev–Trinajstić information content (AvgIpc) is 3.29. The molecule has 2 fully saturated rings. The fourth-order valence-corrected chi connectivity index (χ4v) is 3.20. The highest BCUT2D eigenvalue weighted by molar-refractivity contribution is 5.94. The fourth-order valence-electron chi connectivity index (χ4n) is 3.20. The quantitative estimate of drug-likeness (QED) is 0.837. The van der Waals surface area contributed by atoms with E-state index in [-0.39, 0.29) is 24.0 Å². The number of hydrogen-bond acceptors (Lipinski definition) is 6. The molecule has 2 amide bonds. The van der Waals surface area contributed by atoms with E-state index in [0.717, 1.165) is 5.56 Å². The second-order valence-electron chi connectivity index (χ2n) is 6.86. The summed E-state index contributed by atoms with van der Waals surface area (Å²) in [5.74, 6) is 1.23. The van der Waals surface area contributed by atoms with Crippen LogP contribution < -0.4 is 0 Å². The third-order valence-corrected chi connectivity index (χ3v) is 4.73. The van der Waals surface area contributed by atoms with Gasteiger partial charge < -0.3 is 14.2 Å². The smallest absolute Gasteiger partial charge is 0.410 e. The molecule has 0 aliphatic carbocycles. The van der Waals surface area contributed by atoms with Gasteiger partial charge in [0.25, 0.3) is 5.91 Å². The summed E-state index contributed by atoms with van der Waals surface area (Å²) in [5.41, 5.74) is 1.40. The van der Waals surface area contributed by atoms with Crippen LogP contribution in [0.1, 0.15) is 36.0 Å². The van der Waals surface area contributed by atoms with Crippen molar-refractivity contribution in [2.45, 2.75) is 25.8 Å². The number of benzene rings is 1. The maximum absolute atomic E-state index is 12.7. The van der Waals surface area contributed by atoms with Gasteiger partial charge in [-0.25, -0.2) is 4.79 Å². The van der Waals surface area contributed by atoms with E-state index >= 15 is 0 Å². The van der Waals surface area contributed by atoms with E-state index in [1.54, 1.807) is 21.9 Å². The van der Waals surface area contributed by atoms with Crippen molar-refractivity contribution in [2.24, 2.45) is 0 Å². The highest BCUT2D eigenvalue weighted by Crippen LogP contribution is 2.22. The number of cyclic esters (lactones) is 1. The van der Waals surface area contributed by atoms with Crippen LogP contribution >= 0.6 is 0 Å². The molecule has 1 atom stereocenters. The first-order valence-electron chi connectivity index (χ1n) is 8.69. The molecule has 1 aromatic carbocycles. The molecule has 2 saturated heterocycles. The molecule has 0 N–H and O–H groups in total. The Morgan fingerprint density at radius 3 is 2.69 bits per heavy atom. The Kier molecular flexibility index (Phi) is 4.10. The van der Waals surface area contributed by atoms with Crippen molar-refractivity contribution >= 4 is 12.0 Å². The van der Waals surface area contributed by atoms with Crippen molar-refractivity contribution < 1.29 is 18.8 Å². The fraction of sp³-hybridized carbons (Fsp3) is 0.444. The van der Waals surface area contributed by atoms with Gasteiger partial charge in [-0.15, -0.1) is 0 Å². The molecule has 136 valence electrons. The largest absolute Gasteiger partial charge is 0.447 e. The monoisotopic (exact) mass is 356 g/mol. The SMILES string of the molecule is CC(C)c1nc(-c2ccc(C(=O)N3CCN4C(=O)OC[C@@H]4C3)cc2)no1. The Bertz CT molecular complexity index is 830. The van der Waals surface area contributed by atoms with Crippen LogP contribution in [0.3, 0.4) is 0 Å². The number of hydrogen-bond donors (Lipinski definition) is 0. The van der Waals surface area contributed by atoms with Gasteiger partial charge in [0.05, 0.1) is 6.04 Å². The van der Waals surface area contributed by atoms with Gasteiger partial charge in [0.1, 0.15) is 6.61 Å². The molecule has 26 heavy (non-hydrogen) atoms. The number of rotatable bonds is 3. The summed E-state index contributed by atoms with van der Waals surface area (Å²) < 4.78 is 10.3. The number of piperazine rings is 1. The highest BCUT2D eigenvalue weighted by atomic mass is 16.6. The molecule has 0 saturated carbocycles. The normalized spacial score (nSPS) is 19.7. The summed E-state index contributed by atoms with van der Waals surface area (Å²) in [6, 6.07) is 7.13. The molecule has 8 nitrogen and oxygen atoms in total. The number of fused-ring (bicyclic) bond motifs is 1. The van der Waals surface area contributed by atoms with Crippen molar-refractivity contribution in [1.29, 1.82) is 0 Å². The maximum atomic E-state index is 12.7. The molecule has 4 rings (SSSR count). The van der Waals surface area contributed by atoms with Crippen molar-refractivity contribution in [1.82, 2.24) is 19.9 Å². The Morgan fingerprint density at radius 2 is 2.00 bits per heavy atom. The summed E-state index contributed by atoms with van der Waals surface area (Å²) in [5, 5.41) is 3.98. The Morgan fingerprint density at radius 1 is 1.23 bits per heavy atom. The molecular formula is C18H20N4O4. The van der Waals surface area contributed by atoms with Crippen LogP contribution in [0.4, 0.5) is 4.79 Å². The standard InChI is InChI=1S/C18H20N4O4/c1-11(2)16-19-15(20-26-16)12-3-5-13(6-4-12)17(23)21-7-8-22-14(9-21)10-25-18(22)24/h3-6,11,14H,7-10H2,1-2H3/t14-/m0/s1. The molecule has 1 aromatic heterocycles. The predicted molar refractivity (Wildman–Crippen MR) is 91.6 cm³/mol. The predicted octanol–water partition coefficient (Wildman–Crippen LogP) is 2.14. The number of carbonyl (C=O) groups excluding carboxylic acids is 2. The molecule has 3 heterocycles. The summed E-state index contributed by atoms with van der Waals surface area (Å²) in [6.45, 7) is 5.83. The molecule has 0 radical (unpaired) electrons. The van der Waals surface area contributed by atoms with Gasteiger partial charge in [-0.05, 0) is 12.1 Å². The zero-order chi connectivity index (χ0) is 18.3. The number of nitrogens with zero attached hydrogens (tertiary/aromatic N) is 4. The minimum atomic E-state index is -0.285. The van der Waals surface area contributed by atoms with Gasteiger partial charge in [0.2, 0.25) is 11.7 Å². The van der Waals surface area contributed by atoms with E-state index < -0.39 is 0 Å². The second kappa shape index (κ2) is 6.44. The van der Waals surface area contributed by atoms with Crippen LogP contribution in [0, 0.1) is 0 Å². The molecule has 2 aromatic rings. The zero-order valence-electron chi connectivity index (χ0n) is 14.7. The molecule has 0 unspecified atom stereocenters. The van der Waals surface area contributed by atoms with Crippen molar-refractivity contribution in [3.8, 4) is 11.4 Å². The third kappa shape index (κ3) is 2.91. The lowest BCUT2D eigenvalue weighted by Gasteiger charge is -2.35. The van der Waals surface area contributed by atoms with Gasteiger partial charge >= 0.3 is 6.09 Å². The zero-order valence-corrected chi connectivity index (χ0v) is 14.7. The first-order valence-corrected chi connectivity index (χ1v) is 8.69. The topological polar surface area (TPSA) is 88.8 Å². The van der Waals surface area contributed by atoms with Crippen molar-refractivity contribution in [3.05, 3.63) is 35.7 Å². The van der Waals surface area contributed by atoms with Crippen molar-refractivity contribution in [2.75, 3.05) is 26.2 Å². The van der Waals surface area contributed by atoms with Gasteiger partial charge in [0, 0.05) is 36.7 Å². The van der Waals surface area contributed by atoms with Gasteiger partial charge in [-0.2, -0.15) is 4.98 Å².